The lowest BCUT2D eigenvalue weighted by Gasteiger charge is -2.37. The molecular formula is C13H15N3S. The summed E-state index contributed by atoms with van der Waals surface area (Å²) >= 11 is 1.72. The van der Waals surface area contributed by atoms with Gasteiger partial charge in [0.15, 0.2) is 0 Å². The average Bonchev–Trinajstić information content (AvgIpc) is 2.86. The standard InChI is InChI=1S/C13H15N3S/c1-10-6-15-12-4-2-3-5-13(12)16(10)8-11-7-14-9-17-11/h2-5,7,9-10,15H,6,8H2,1H3. The number of rotatable bonds is 2. The molecule has 1 unspecified atom stereocenters. The molecule has 0 saturated carbocycles. The summed E-state index contributed by atoms with van der Waals surface area (Å²) in [4.78, 5) is 7.90. The highest BCUT2D eigenvalue weighted by molar-refractivity contribution is 7.09. The molecule has 1 aliphatic heterocycles. The van der Waals surface area contributed by atoms with Gasteiger partial charge < -0.3 is 10.2 Å². The number of nitrogens with one attached hydrogen (secondary N) is 1. The minimum absolute atomic E-state index is 0.506. The van der Waals surface area contributed by atoms with Gasteiger partial charge in [-0.1, -0.05) is 12.1 Å². The van der Waals surface area contributed by atoms with Gasteiger partial charge in [-0.05, 0) is 19.1 Å². The van der Waals surface area contributed by atoms with E-state index in [1.807, 2.05) is 11.7 Å². The fourth-order valence-corrected chi connectivity index (χ4v) is 2.80. The third-order valence-electron chi connectivity index (χ3n) is 3.14. The predicted octanol–water partition coefficient (Wildman–Crippen LogP) is 2.96. The summed E-state index contributed by atoms with van der Waals surface area (Å²) in [5, 5.41) is 3.47. The highest BCUT2D eigenvalue weighted by Gasteiger charge is 2.22. The molecule has 0 amide bonds. The van der Waals surface area contributed by atoms with Crippen LogP contribution in [0, 0.1) is 0 Å². The normalized spacial score (nSPS) is 18.6. The molecule has 1 N–H and O–H groups in total. The molecule has 0 aliphatic carbocycles. The number of para-hydroxylation sites is 2. The van der Waals surface area contributed by atoms with Crippen molar-refractivity contribution in [3.63, 3.8) is 0 Å². The number of aromatic nitrogens is 1. The summed E-state index contributed by atoms with van der Waals surface area (Å²) in [7, 11) is 0. The number of hydrogen-bond donors (Lipinski definition) is 1. The van der Waals surface area contributed by atoms with Gasteiger partial charge in [0, 0.05) is 23.7 Å². The van der Waals surface area contributed by atoms with Crippen LogP contribution in [0.15, 0.2) is 36.0 Å². The fraction of sp³-hybridized carbons (Fsp3) is 0.308. The zero-order chi connectivity index (χ0) is 11.7. The van der Waals surface area contributed by atoms with Gasteiger partial charge in [0.1, 0.15) is 0 Å². The van der Waals surface area contributed by atoms with Crippen LogP contribution >= 0.6 is 11.3 Å². The highest BCUT2D eigenvalue weighted by Crippen LogP contribution is 2.32. The Kier molecular flexibility index (Phi) is 2.73. The maximum atomic E-state index is 4.14. The molecule has 4 heteroatoms. The first-order valence-corrected chi connectivity index (χ1v) is 6.69. The minimum atomic E-state index is 0.506. The smallest absolute Gasteiger partial charge is 0.0794 e. The highest BCUT2D eigenvalue weighted by atomic mass is 32.1. The van der Waals surface area contributed by atoms with Crippen molar-refractivity contribution >= 4 is 22.7 Å². The fourth-order valence-electron chi connectivity index (χ4n) is 2.21. The molecule has 2 heterocycles. The SMILES string of the molecule is CC1CNc2ccccc2N1Cc1cncs1. The van der Waals surface area contributed by atoms with Crippen molar-refractivity contribution in [1.82, 2.24) is 4.98 Å². The zero-order valence-corrected chi connectivity index (χ0v) is 10.6. The van der Waals surface area contributed by atoms with Crippen LogP contribution in [0.5, 0.6) is 0 Å². The topological polar surface area (TPSA) is 28.2 Å². The largest absolute Gasteiger partial charge is 0.381 e. The molecule has 0 spiro atoms. The Hall–Kier alpha value is -1.55. The maximum Gasteiger partial charge on any atom is 0.0794 e. The van der Waals surface area contributed by atoms with Crippen molar-refractivity contribution in [2.45, 2.75) is 19.5 Å². The van der Waals surface area contributed by atoms with Crippen LogP contribution in [-0.4, -0.2) is 17.6 Å². The number of fused-ring (bicyclic) bond motifs is 1. The molecule has 0 bridgehead atoms. The van der Waals surface area contributed by atoms with Gasteiger partial charge in [-0.2, -0.15) is 0 Å². The molecule has 2 aromatic rings. The molecular weight excluding hydrogens is 230 g/mol. The summed E-state index contributed by atoms with van der Waals surface area (Å²) in [6, 6.07) is 9.00. The number of nitrogens with zero attached hydrogens (tertiary/aromatic N) is 2. The van der Waals surface area contributed by atoms with E-state index in [0.29, 0.717) is 6.04 Å². The van der Waals surface area contributed by atoms with E-state index in [1.54, 1.807) is 11.3 Å². The van der Waals surface area contributed by atoms with Crippen molar-refractivity contribution in [1.29, 1.82) is 0 Å². The van der Waals surface area contributed by atoms with E-state index in [-0.39, 0.29) is 0 Å². The van der Waals surface area contributed by atoms with E-state index < -0.39 is 0 Å². The summed E-state index contributed by atoms with van der Waals surface area (Å²) in [5.41, 5.74) is 4.42. The van der Waals surface area contributed by atoms with Crippen LogP contribution in [0.1, 0.15) is 11.8 Å². The number of thiazole rings is 1. The summed E-state index contributed by atoms with van der Waals surface area (Å²) < 4.78 is 0. The quantitative estimate of drug-likeness (QED) is 0.881. The summed E-state index contributed by atoms with van der Waals surface area (Å²) in [6.07, 6.45) is 1.96. The molecule has 1 aromatic heterocycles. The van der Waals surface area contributed by atoms with Crippen LogP contribution in [0.3, 0.4) is 0 Å². The Balaban J connectivity index is 1.92. The van der Waals surface area contributed by atoms with Gasteiger partial charge in [-0.3, -0.25) is 4.98 Å². The van der Waals surface area contributed by atoms with Crippen LogP contribution < -0.4 is 10.2 Å². The lowest BCUT2D eigenvalue weighted by Crippen LogP contribution is -2.41. The Morgan fingerprint density at radius 3 is 3.18 bits per heavy atom. The van der Waals surface area contributed by atoms with Gasteiger partial charge in [0.2, 0.25) is 0 Å². The van der Waals surface area contributed by atoms with E-state index >= 15 is 0 Å². The monoisotopic (exact) mass is 245 g/mol. The second-order valence-corrected chi connectivity index (χ2v) is 5.31. The average molecular weight is 245 g/mol. The molecule has 3 nitrogen and oxygen atoms in total. The number of benzene rings is 1. The second kappa shape index (κ2) is 4.37. The Labute approximate surface area is 105 Å². The number of anilines is 2. The summed E-state index contributed by atoms with van der Waals surface area (Å²) in [6.45, 7) is 4.20. The first-order valence-electron chi connectivity index (χ1n) is 5.81. The summed E-state index contributed by atoms with van der Waals surface area (Å²) in [5.74, 6) is 0. The van der Waals surface area contributed by atoms with Crippen LogP contribution in [0.25, 0.3) is 0 Å². The van der Waals surface area contributed by atoms with Crippen LogP contribution in [-0.2, 0) is 6.54 Å². The van der Waals surface area contributed by atoms with Gasteiger partial charge in [-0.25, -0.2) is 0 Å². The lowest BCUT2D eigenvalue weighted by atomic mass is 10.1. The van der Waals surface area contributed by atoms with Gasteiger partial charge >= 0.3 is 0 Å². The molecule has 17 heavy (non-hydrogen) atoms. The minimum Gasteiger partial charge on any atom is -0.381 e. The van der Waals surface area contributed by atoms with Crippen LogP contribution in [0.2, 0.25) is 0 Å². The van der Waals surface area contributed by atoms with Crippen molar-refractivity contribution in [2.75, 3.05) is 16.8 Å². The molecule has 0 fully saturated rings. The van der Waals surface area contributed by atoms with Crippen molar-refractivity contribution < 1.29 is 0 Å². The third kappa shape index (κ3) is 2.00. The van der Waals surface area contributed by atoms with E-state index in [1.165, 1.54) is 16.3 Å². The van der Waals surface area contributed by atoms with Gasteiger partial charge in [-0.15, -0.1) is 11.3 Å². The third-order valence-corrected chi connectivity index (χ3v) is 3.91. The van der Waals surface area contributed by atoms with Crippen molar-refractivity contribution in [3.05, 3.63) is 40.8 Å². The maximum absolute atomic E-state index is 4.14. The van der Waals surface area contributed by atoms with E-state index in [2.05, 4.69) is 46.4 Å². The Morgan fingerprint density at radius 1 is 1.47 bits per heavy atom. The van der Waals surface area contributed by atoms with E-state index in [0.717, 1.165) is 13.1 Å². The van der Waals surface area contributed by atoms with Crippen molar-refractivity contribution in [3.8, 4) is 0 Å². The Morgan fingerprint density at radius 2 is 2.35 bits per heavy atom. The first-order chi connectivity index (χ1) is 8.34. The van der Waals surface area contributed by atoms with Crippen molar-refractivity contribution in [2.24, 2.45) is 0 Å². The molecule has 88 valence electrons. The molecule has 3 rings (SSSR count). The second-order valence-electron chi connectivity index (χ2n) is 4.34. The molecule has 0 saturated heterocycles. The zero-order valence-electron chi connectivity index (χ0n) is 9.76. The first kappa shape index (κ1) is 10.6. The lowest BCUT2D eigenvalue weighted by molar-refractivity contribution is 0.644. The number of hydrogen-bond acceptors (Lipinski definition) is 4. The molecule has 1 aromatic carbocycles. The van der Waals surface area contributed by atoms with Gasteiger partial charge in [0.25, 0.3) is 0 Å². The predicted molar refractivity (Wildman–Crippen MR) is 72.7 cm³/mol. The molecule has 1 atom stereocenters. The molecule has 0 radical (unpaired) electrons. The Bertz CT molecular complexity index is 495. The van der Waals surface area contributed by atoms with E-state index in [9.17, 15) is 0 Å². The van der Waals surface area contributed by atoms with Crippen LogP contribution in [0.4, 0.5) is 11.4 Å². The van der Waals surface area contributed by atoms with E-state index in [4.69, 9.17) is 0 Å². The molecule has 1 aliphatic rings. The van der Waals surface area contributed by atoms with Gasteiger partial charge in [0.05, 0.1) is 23.4 Å².